The van der Waals surface area contributed by atoms with Gasteiger partial charge in [0.1, 0.15) is 12.1 Å². The van der Waals surface area contributed by atoms with Crippen molar-refractivity contribution in [2.75, 3.05) is 12.3 Å². The van der Waals surface area contributed by atoms with E-state index in [1.807, 2.05) is 5.38 Å². The molecule has 1 aliphatic heterocycles. The summed E-state index contributed by atoms with van der Waals surface area (Å²) < 4.78 is 32.6. The van der Waals surface area contributed by atoms with Crippen LogP contribution < -0.4 is 11.5 Å². The molecule has 136 valence electrons. The number of likely N-dealkylation sites (tertiary alicyclic amines) is 1. The molecule has 0 bridgehead atoms. The van der Waals surface area contributed by atoms with Gasteiger partial charge in [-0.3, -0.25) is 4.79 Å². The van der Waals surface area contributed by atoms with Gasteiger partial charge in [0.05, 0.1) is 16.3 Å². The van der Waals surface area contributed by atoms with Crippen molar-refractivity contribution < 1.29 is 27.9 Å². The van der Waals surface area contributed by atoms with E-state index in [0.717, 1.165) is 22.2 Å². The maximum absolute atomic E-state index is 11.8. The topological polar surface area (TPSA) is 135 Å². The Morgan fingerprint density at radius 1 is 1.44 bits per heavy atom. The second-order valence-electron chi connectivity index (χ2n) is 5.16. The molecule has 3 rings (SSSR count). The first-order chi connectivity index (χ1) is 11.6. The lowest BCUT2D eigenvalue weighted by Gasteiger charge is -2.14. The van der Waals surface area contributed by atoms with Crippen molar-refractivity contribution in [3.63, 3.8) is 0 Å². The minimum atomic E-state index is -5.08. The summed E-state index contributed by atoms with van der Waals surface area (Å²) in [6.45, 7) is 1.25. The molecule has 0 aromatic carbocycles. The number of nitrogen functional groups attached to an aromatic ring is 1. The highest BCUT2D eigenvalue weighted by atomic mass is 32.1. The molecule has 1 atom stereocenters. The van der Waals surface area contributed by atoms with E-state index in [4.69, 9.17) is 21.4 Å². The maximum Gasteiger partial charge on any atom is 0.490 e. The molecule has 1 aliphatic rings. The predicted molar refractivity (Wildman–Crippen MR) is 83.5 cm³/mol. The summed E-state index contributed by atoms with van der Waals surface area (Å²) in [4.78, 5) is 30.6. The number of anilines is 1. The average Bonchev–Trinajstić information content (AvgIpc) is 3.07. The zero-order chi connectivity index (χ0) is 18.8. The lowest BCUT2D eigenvalue weighted by atomic mass is 10.2. The molecule has 12 heteroatoms. The van der Waals surface area contributed by atoms with Crippen LogP contribution in [-0.4, -0.2) is 50.6 Å². The van der Waals surface area contributed by atoms with Gasteiger partial charge < -0.3 is 21.5 Å². The normalized spacial score (nSPS) is 17.5. The lowest BCUT2D eigenvalue weighted by Crippen LogP contribution is -2.33. The Bertz CT molecular complexity index is 795. The van der Waals surface area contributed by atoms with Gasteiger partial charge in [0.15, 0.2) is 0 Å². The van der Waals surface area contributed by atoms with Crippen LogP contribution >= 0.6 is 11.3 Å². The summed E-state index contributed by atoms with van der Waals surface area (Å²) in [5.74, 6) is -2.26. The highest BCUT2D eigenvalue weighted by Crippen LogP contribution is 2.29. The maximum atomic E-state index is 11.8. The third-order valence-electron chi connectivity index (χ3n) is 3.40. The van der Waals surface area contributed by atoms with Gasteiger partial charge in [0.25, 0.3) is 0 Å². The summed E-state index contributed by atoms with van der Waals surface area (Å²) in [7, 11) is 0. The van der Waals surface area contributed by atoms with Gasteiger partial charge in [0.2, 0.25) is 5.91 Å². The Balaban J connectivity index is 0.000000277. The minimum absolute atomic E-state index is 0.0105. The second-order valence-corrected chi connectivity index (χ2v) is 6.04. The zero-order valence-electron chi connectivity index (χ0n) is 12.7. The van der Waals surface area contributed by atoms with Crippen molar-refractivity contribution in [1.82, 2.24) is 14.9 Å². The largest absolute Gasteiger partial charge is 0.490 e. The van der Waals surface area contributed by atoms with Crippen LogP contribution in [0, 0.1) is 0 Å². The molecule has 0 spiro atoms. The monoisotopic (exact) mass is 377 g/mol. The molecular formula is C13H14F3N5O3S. The fourth-order valence-corrected chi connectivity index (χ4v) is 3.07. The van der Waals surface area contributed by atoms with E-state index in [0.29, 0.717) is 18.9 Å². The Hall–Kier alpha value is -2.47. The van der Waals surface area contributed by atoms with Crippen LogP contribution in [0.5, 0.6) is 0 Å². The molecule has 3 heterocycles. The highest BCUT2D eigenvalue weighted by molar-refractivity contribution is 7.17. The Morgan fingerprint density at radius 2 is 2.08 bits per heavy atom. The highest BCUT2D eigenvalue weighted by Gasteiger charge is 2.38. The van der Waals surface area contributed by atoms with Gasteiger partial charge >= 0.3 is 12.1 Å². The number of hydrogen-bond acceptors (Lipinski definition) is 7. The van der Waals surface area contributed by atoms with Gasteiger partial charge in [0, 0.05) is 18.7 Å². The number of carbonyl (C=O) groups is 2. The quantitative estimate of drug-likeness (QED) is 0.709. The fourth-order valence-electron chi connectivity index (χ4n) is 2.16. The number of aromatic nitrogens is 2. The van der Waals surface area contributed by atoms with Crippen molar-refractivity contribution in [3.8, 4) is 0 Å². The molecular weight excluding hydrogens is 363 g/mol. The number of thiophene rings is 1. The molecule has 2 aromatic heterocycles. The molecule has 1 fully saturated rings. The number of aliphatic carboxylic acids is 1. The number of carbonyl (C=O) groups excluding carboxylic acids is 1. The molecule has 0 aliphatic carbocycles. The number of fused-ring (bicyclic) bond motifs is 1. The van der Waals surface area contributed by atoms with Crippen LogP contribution in [0.15, 0.2) is 11.7 Å². The van der Waals surface area contributed by atoms with Crippen LogP contribution in [0.2, 0.25) is 0 Å². The van der Waals surface area contributed by atoms with Crippen LogP contribution in [0.1, 0.15) is 12.0 Å². The summed E-state index contributed by atoms with van der Waals surface area (Å²) in [5.41, 5.74) is 13.3. The minimum Gasteiger partial charge on any atom is -0.475 e. The Kier molecular flexibility index (Phi) is 5.42. The lowest BCUT2D eigenvalue weighted by molar-refractivity contribution is -0.192. The smallest absolute Gasteiger partial charge is 0.475 e. The molecule has 8 nitrogen and oxygen atoms in total. The van der Waals surface area contributed by atoms with Gasteiger partial charge in [-0.1, -0.05) is 0 Å². The summed E-state index contributed by atoms with van der Waals surface area (Å²) in [6.07, 6.45) is -2.91. The number of nitrogens with two attached hydrogens (primary N) is 2. The fraction of sp³-hybridized carbons (Fsp3) is 0.385. The summed E-state index contributed by atoms with van der Waals surface area (Å²) >= 11 is 1.51. The van der Waals surface area contributed by atoms with E-state index in [-0.39, 0.29) is 11.9 Å². The molecule has 0 radical (unpaired) electrons. The molecule has 1 amide bonds. The van der Waals surface area contributed by atoms with E-state index in [1.54, 1.807) is 4.90 Å². The second kappa shape index (κ2) is 7.19. The third-order valence-corrected chi connectivity index (χ3v) is 4.44. The summed E-state index contributed by atoms with van der Waals surface area (Å²) in [5, 5.41) is 9.10. The Morgan fingerprint density at radius 3 is 2.60 bits per heavy atom. The number of carboxylic acids is 1. The number of halogens is 3. The van der Waals surface area contributed by atoms with Crippen molar-refractivity contribution in [2.24, 2.45) is 5.73 Å². The number of alkyl halides is 3. The van der Waals surface area contributed by atoms with Crippen molar-refractivity contribution in [1.29, 1.82) is 0 Å². The van der Waals surface area contributed by atoms with E-state index in [2.05, 4.69) is 9.97 Å². The van der Waals surface area contributed by atoms with Gasteiger partial charge in [-0.15, -0.1) is 11.3 Å². The third kappa shape index (κ3) is 4.33. The number of carboxylic acid groups (broad SMARTS) is 1. The van der Waals surface area contributed by atoms with Crippen LogP contribution in [0.4, 0.5) is 19.0 Å². The first-order valence-corrected chi connectivity index (χ1v) is 7.80. The van der Waals surface area contributed by atoms with Crippen molar-refractivity contribution in [2.45, 2.75) is 25.2 Å². The van der Waals surface area contributed by atoms with Gasteiger partial charge in [-0.25, -0.2) is 14.8 Å². The standard InChI is InChI=1S/C11H13N5OS.C2HF3O2/c12-7-1-2-16(11(7)17)3-6-4-18-9-8(6)14-5-15-10(9)13;3-2(4,5)1(6)7/h4-5,7H,1-3,12H2,(H2,13,14,15);(H,6,7)/t7-;/m0./s1. The first kappa shape index (κ1) is 18.9. The first-order valence-electron chi connectivity index (χ1n) is 6.92. The van der Waals surface area contributed by atoms with Gasteiger partial charge in [-0.2, -0.15) is 13.2 Å². The summed E-state index contributed by atoms with van der Waals surface area (Å²) in [6, 6.07) is -0.352. The van der Waals surface area contributed by atoms with Gasteiger partial charge in [-0.05, 0) is 11.8 Å². The number of rotatable bonds is 2. The number of hydrogen-bond donors (Lipinski definition) is 3. The predicted octanol–water partition coefficient (Wildman–Crippen LogP) is 0.966. The van der Waals surface area contributed by atoms with Crippen molar-refractivity contribution >= 4 is 39.2 Å². The molecule has 25 heavy (non-hydrogen) atoms. The van der Waals surface area contributed by atoms with E-state index in [9.17, 15) is 18.0 Å². The number of amides is 1. The average molecular weight is 377 g/mol. The molecule has 0 unspecified atom stereocenters. The number of nitrogens with zero attached hydrogens (tertiary/aromatic N) is 3. The molecule has 1 saturated heterocycles. The SMILES string of the molecule is Nc1ncnc2c(CN3CC[C@H](N)C3=O)csc12.O=C(O)C(F)(F)F. The van der Waals surface area contributed by atoms with Crippen LogP contribution in [0.25, 0.3) is 10.2 Å². The van der Waals surface area contributed by atoms with Crippen LogP contribution in [-0.2, 0) is 16.1 Å². The van der Waals surface area contributed by atoms with Crippen LogP contribution in [0.3, 0.4) is 0 Å². The molecule has 2 aromatic rings. The Labute approximate surface area is 143 Å². The zero-order valence-corrected chi connectivity index (χ0v) is 13.5. The van der Waals surface area contributed by atoms with E-state index >= 15 is 0 Å². The molecule has 0 saturated carbocycles. The van der Waals surface area contributed by atoms with Crippen molar-refractivity contribution in [3.05, 3.63) is 17.3 Å². The molecule has 5 N–H and O–H groups in total. The van der Waals surface area contributed by atoms with E-state index < -0.39 is 12.1 Å². The van der Waals surface area contributed by atoms with E-state index in [1.165, 1.54) is 17.7 Å².